The Morgan fingerprint density at radius 2 is 1.63 bits per heavy atom. The highest BCUT2D eigenvalue weighted by molar-refractivity contribution is 6.00. The maximum atomic E-state index is 12.4. The molecule has 3 aromatic rings. The van der Waals surface area contributed by atoms with Crippen molar-refractivity contribution < 1.29 is 14.3 Å². The van der Waals surface area contributed by atoms with Crippen molar-refractivity contribution in [2.24, 2.45) is 0 Å². The van der Waals surface area contributed by atoms with Gasteiger partial charge in [0, 0.05) is 22.6 Å². The Balaban J connectivity index is 1.30. The van der Waals surface area contributed by atoms with Crippen LogP contribution < -0.4 is 15.5 Å². The van der Waals surface area contributed by atoms with Crippen molar-refractivity contribution in [1.82, 2.24) is 4.68 Å². The van der Waals surface area contributed by atoms with Gasteiger partial charge >= 0.3 is 0 Å². The summed E-state index contributed by atoms with van der Waals surface area (Å²) in [5.74, 6) is 0.107. The fourth-order valence-corrected chi connectivity index (χ4v) is 3.71. The smallest absolute Gasteiger partial charge is 0.270 e. The lowest BCUT2D eigenvalue weighted by atomic mass is 10.1. The largest absolute Gasteiger partial charge is 0.484 e. The molecule has 0 saturated heterocycles. The Morgan fingerprint density at radius 1 is 0.933 bits per heavy atom. The molecule has 0 radical (unpaired) electrons. The Hall–Kier alpha value is -3.54. The van der Waals surface area contributed by atoms with Crippen molar-refractivity contribution in [1.29, 1.82) is 0 Å². The fourth-order valence-electron chi connectivity index (χ4n) is 3.71. The van der Waals surface area contributed by atoms with Gasteiger partial charge in [0.25, 0.3) is 11.8 Å². The lowest BCUT2D eigenvalue weighted by Crippen LogP contribution is -2.24. The normalized spacial score (nSPS) is 12.3. The highest BCUT2D eigenvalue weighted by atomic mass is 16.5. The number of carbonyl (C=O) groups is 2. The molecule has 2 N–H and O–H groups in total. The summed E-state index contributed by atoms with van der Waals surface area (Å²) >= 11 is 0. The molecule has 0 bridgehead atoms. The van der Waals surface area contributed by atoms with Crippen LogP contribution >= 0.6 is 0 Å². The maximum absolute atomic E-state index is 12.4. The van der Waals surface area contributed by atoms with Crippen molar-refractivity contribution in [3.63, 3.8) is 0 Å². The maximum Gasteiger partial charge on any atom is 0.270 e. The van der Waals surface area contributed by atoms with Crippen LogP contribution in [-0.2, 0) is 17.6 Å². The van der Waals surface area contributed by atoms with Gasteiger partial charge in [-0.3, -0.25) is 19.7 Å². The molecule has 2 aromatic carbocycles. The molecule has 1 aliphatic rings. The minimum Gasteiger partial charge on any atom is -0.484 e. The van der Waals surface area contributed by atoms with Gasteiger partial charge in [0.2, 0.25) is 0 Å². The number of ether oxygens (including phenoxy) is 1. The Kier molecular flexibility index (Phi) is 5.57. The molecule has 0 unspecified atom stereocenters. The van der Waals surface area contributed by atoms with Crippen LogP contribution in [0.2, 0.25) is 0 Å². The third-order valence-corrected chi connectivity index (χ3v) is 5.35. The monoisotopic (exact) mass is 403 g/mol. The molecule has 4 rings (SSSR count). The molecule has 1 aromatic heterocycles. The average molecular weight is 403 g/mol. The first kappa shape index (κ1) is 19.8. The predicted molar refractivity (Wildman–Crippen MR) is 117 cm³/mol. The molecule has 0 aliphatic heterocycles. The second-order valence-electron chi connectivity index (χ2n) is 7.59. The summed E-state index contributed by atoms with van der Waals surface area (Å²) in [5, 5.41) is 2.88. The van der Waals surface area contributed by atoms with Crippen LogP contribution in [-0.4, -0.2) is 23.1 Å². The van der Waals surface area contributed by atoms with Crippen LogP contribution in [0.1, 0.15) is 39.3 Å². The van der Waals surface area contributed by atoms with E-state index in [4.69, 9.17) is 4.74 Å². The number of hydrogen-bond acceptors (Lipinski definition) is 3. The van der Waals surface area contributed by atoms with Crippen LogP contribution in [0.15, 0.2) is 54.6 Å². The number of carbonyl (C=O) groups excluding carboxylic acids is 2. The highest BCUT2D eigenvalue weighted by Gasteiger charge is 2.13. The van der Waals surface area contributed by atoms with Crippen molar-refractivity contribution >= 4 is 17.5 Å². The van der Waals surface area contributed by atoms with Crippen molar-refractivity contribution in [3.8, 4) is 5.75 Å². The van der Waals surface area contributed by atoms with E-state index in [1.807, 2.05) is 38.1 Å². The molecule has 0 atom stereocenters. The molecule has 0 spiro atoms. The molecular formula is C24H25N3O3. The van der Waals surface area contributed by atoms with Crippen LogP contribution in [0.25, 0.3) is 0 Å². The SMILES string of the molecule is Cc1ccc(C)n1NC(=O)c1ccc(OCC(=O)Nc2ccc3c(c2)CCC3)cc1. The Labute approximate surface area is 175 Å². The Bertz CT molecular complexity index is 1060. The number of aryl methyl sites for hydroxylation is 4. The van der Waals surface area contributed by atoms with E-state index in [9.17, 15) is 9.59 Å². The average Bonchev–Trinajstić information content (AvgIpc) is 3.34. The minimum atomic E-state index is -0.215. The number of benzene rings is 2. The number of amides is 2. The second kappa shape index (κ2) is 8.45. The number of nitrogens with zero attached hydrogens (tertiary/aromatic N) is 1. The summed E-state index contributed by atoms with van der Waals surface area (Å²) in [4.78, 5) is 24.6. The Morgan fingerprint density at radius 3 is 2.37 bits per heavy atom. The number of hydrogen-bond donors (Lipinski definition) is 2. The number of aromatic nitrogens is 1. The van der Waals surface area contributed by atoms with Gasteiger partial charge in [0.1, 0.15) is 5.75 Å². The van der Waals surface area contributed by atoms with E-state index in [1.54, 1.807) is 28.9 Å². The molecule has 1 aliphatic carbocycles. The van der Waals surface area contributed by atoms with E-state index >= 15 is 0 Å². The number of anilines is 1. The van der Waals surface area contributed by atoms with E-state index in [0.717, 1.165) is 29.9 Å². The van der Waals surface area contributed by atoms with Gasteiger partial charge in [-0.15, -0.1) is 0 Å². The topological polar surface area (TPSA) is 72.4 Å². The molecule has 2 amide bonds. The lowest BCUT2D eigenvalue weighted by Gasteiger charge is -2.12. The van der Waals surface area contributed by atoms with Gasteiger partial charge in [-0.05, 0) is 92.8 Å². The van der Waals surface area contributed by atoms with Crippen molar-refractivity contribution in [2.45, 2.75) is 33.1 Å². The summed E-state index contributed by atoms with van der Waals surface area (Å²) in [6, 6.07) is 16.7. The third kappa shape index (κ3) is 4.38. The van der Waals surface area contributed by atoms with Gasteiger partial charge in [-0.1, -0.05) is 6.07 Å². The van der Waals surface area contributed by atoms with Crippen molar-refractivity contribution in [2.75, 3.05) is 17.3 Å². The van der Waals surface area contributed by atoms with Crippen LogP contribution in [0.3, 0.4) is 0 Å². The number of nitrogens with one attached hydrogen (secondary N) is 2. The number of rotatable bonds is 6. The van der Waals surface area contributed by atoms with Gasteiger partial charge in [-0.2, -0.15) is 0 Å². The fraction of sp³-hybridized carbons (Fsp3) is 0.250. The summed E-state index contributed by atoms with van der Waals surface area (Å²) in [7, 11) is 0. The molecule has 6 nitrogen and oxygen atoms in total. The quantitative estimate of drug-likeness (QED) is 0.654. The minimum absolute atomic E-state index is 0.0929. The molecular weight excluding hydrogens is 378 g/mol. The first-order valence-corrected chi connectivity index (χ1v) is 10.1. The molecule has 30 heavy (non-hydrogen) atoms. The van der Waals surface area contributed by atoms with E-state index < -0.39 is 0 Å². The summed E-state index contributed by atoms with van der Waals surface area (Å²) in [6.45, 7) is 3.76. The predicted octanol–water partition coefficient (Wildman–Crippen LogP) is 4.00. The van der Waals surface area contributed by atoms with Gasteiger partial charge < -0.3 is 10.1 Å². The second-order valence-corrected chi connectivity index (χ2v) is 7.59. The first-order chi connectivity index (χ1) is 14.5. The van der Waals surface area contributed by atoms with Crippen LogP contribution in [0, 0.1) is 13.8 Å². The zero-order valence-corrected chi connectivity index (χ0v) is 17.2. The van der Waals surface area contributed by atoms with Gasteiger partial charge in [-0.25, -0.2) is 0 Å². The van der Waals surface area contributed by atoms with Gasteiger partial charge in [0.15, 0.2) is 6.61 Å². The highest BCUT2D eigenvalue weighted by Crippen LogP contribution is 2.24. The van der Waals surface area contributed by atoms with Crippen LogP contribution in [0.5, 0.6) is 5.75 Å². The van der Waals surface area contributed by atoms with E-state index in [0.29, 0.717) is 11.3 Å². The third-order valence-electron chi connectivity index (χ3n) is 5.35. The van der Waals surface area contributed by atoms with E-state index in [-0.39, 0.29) is 18.4 Å². The molecule has 154 valence electrons. The molecule has 0 saturated carbocycles. The van der Waals surface area contributed by atoms with Crippen molar-refractivity contribution in [3.05, 3.63) is 82.7 Å². The molecule has 0 fully saturated rings. The van der Waals surface area contributed by atoms with E-state index in [2.05, 4.69) is 16.8 Å². The molecule has 6 heteroatoms. The number of fused-ring (bicyclic) bond motifs is 1. The zero-order valence-electron chi connectivity index (χ0n) is 17.2. The summed E-state index contributed by atoms with van der Waals surface area (Å²) in [6.07, 6.45) is 3.36. The first-order valence-electron chi connectivity index (χ1n) is 10.1. The lowest BCUT2D eigenvalue weighted by molar-refractivity contribution is -0.118. The summed E-state index contributed by atoms with van der Waals surface area (Å²) < 4.78 is 7.31. The van der Waals surface area contributed by atoms with E-state index in [1.165, 1.54) is 17.5 Å². The van der Waals surface area contributed by atoms with Gasteiger partial charge in [0.05, 0.1) is 0 Å². The molecule has 1 heterocycles. The summed E-state index contributed by atoms with van der Waals surface area (Å²) in [5.41, 5.74) is 8.76. The van der Waals surface area contributed by atoms with Crippen LogP contribution in [0.4, 0.5) is 5.69 Å². The zero-order chi connectivity index (χ0) is 21.1. The standard InChI is InChI=1S/C24H25N3O3/c1-16-6-7-17(2)27(16)26-24(29)19-9-12-22(13-10-19)30-15-23(28)25-21-11-8-18-4-3-5-20(18)14-21/h6-14H,3-5,15H2,1-2H3,(H,25,28)(H,26,29).